The lowest BCUT2D eigenvalue weighted by molar-refractivity contribution is -0.384. The molecule has 1 aromatic carbocycles. The number of carboxylic acids is 1. The molecule has 188 valence electrons. The van der Waals surface area contributed by atoms with Crippen LogP contribution >= 0.6 is 23.5 Å². The molecule has 0 saturated carbocycles. The van der Waals surface area contributed by atoms with Crippen LogP contribution in [0.25, 0.3) is 0 Å². The van der Waals surface area contributed by atoms with Gasteiger partial charge in [-0.1, -0.05) is 11.8 Å². The number of hydrogen-bond donors (Lipinski definition) is 3. The Kier molecular flexibility index (Phi) is 7.26. The molecule has 0 bridgehead atoms. The number of aliphatic carboxylic acids is 1. The van der Waals surface area contributed by atoms with E-state index < -0.39 is 46.3 Å². The number of nitro benzene ring substituents is 1. The Balaban J connectivity index is 1.39. The number of carboxylic acid groups (broad SMARTS) is 1. The van der Waals surface area contributed by atoms with Crippen LogP contribution in [0.1, 0.15) is 18.9 Å². The Hall–Kier alpha value is -2.81. The van der Waals surface area contributed by atoms with Crippen molar-refractivity contribution in [3.63, 3.8) is 0 Å². The van der Waals surface area contributed by atoms with Gasteiger partial charge in [0.1, 0.15) is 12.0 Å². The van der Waals surface area contributed by atoms with Gasteiger partial charge in [-0.05, 0) is 31.0 Å². The van der Waals surface area contributed by atoms with Crippen molar-refractivity contribution in [1.29, 1.82) is 0 Å². The number of β-lactam (4-membered cyclic amide) rings is 1. The average molecular weight is 526 g/mol. The SMILES string of the molecule is C[C@H](O)[C@@H]1C(=O)N2C(C(=O)O)=C(S[C@H]3C[C@@H](CO)N(C(=O)OCc4ccc([N+](=O)[O-])cc4)C3)S[C@H]12. The van der Waals surface area contributed by atoms with E-state index in [0.717, 1.165) is 0 Å². The highest BCUT2D eigenvalue weighted by Crippen LogP contribution is 2.55. The Morgan fingerprint density at radius 2 is 2.03 bits per heavy atom. The first-order valence-corrected chi connectivity index (χ1v) is 12.5. The Morgan fingerprint density at radius 1 is 1.34 bits per heavy atom. The van der Waals surface area contributed by atoms with Crippen molar-refractivity contribution < 1.29 is 39.4 Å². The molecule has 35 heavy (non-hydrogen) atoms. The van der Waals surface area contributed by atoms with Gasteiger partial charge in [0.05, 0.1) is 33.8 Å². The average Bonchev–Trinajstić information content (AvgIpc) is 3.36. The Labute approximate surface area is 208 Å². The van der Waals surface area contributed by atoms with Crippen LogP contribution < -0.4 is 0 Å². The second-order valence-corrected chi connectivity index (χ2v) is 11.1. The van der Waals surface area contributed by atoms with E-state index >= 15 is 0 Å². The van der Waals surface area contributed by atoms with E-state index in [2.05, 4.69) is 0 Å². The quantitative estimate of drug-likeness (QED) is 0.256. The minimum Gasteiger partial charge on any atom is -0.477 e. The number of hydrogen-bond acceptors (Lipinski definition) is 10. The molecule has 0 radical (unpaired) electrons. The van der Waals surface area contributed by atoms with Gasteiger partial charge in [0.15, 0.2) is 5.70 Å². The predicted octanol–water partition coefficient (Wildman–Crippen LogP) is 1.57. The standard InChI is InChI=1S/C21H23N3O9S2/c1-10(26)15-17(27)23-16(19(28)29)20(35-18(15)23)34-14-6-13(8-25)22(7-14)21(30)33-9-11-2-4-12(5-3-11)24(31)32/h2-5,10,13-15,18,25-26H,6-9H2,1H3,(H,28,29)/t10-,13-,14-,15+,18+/m0/s1. The maximum Gasteiger partial charge on any atom is 0.410 e. The summed E-state index contributed by atoms with van der Waals surface area (Å²) in [6.07, 6.45) is -1.17. The number of aliphatic hydroxyl groups excluding tert-OH is 2. The van der Waals surface area contributed by atoms with Crippen molar-refractivity contribution in [3.05, 3.63) is 49.9 Å². The minimum absolute atomic E-state index is 0.0779. The first-order valence-electron chi connectivity index (χ1n) is 10.7. The van der Waals surface area contributed by atoms with Crippen molar-refractivity contribution >= 4 is 47.2 Å². The molecule has 1 aromatic rings. The molecular formula is C21H23N3O9S2. The molecule has 3 aliphatic heterocycles. The topological polar surface area (TPSA) is 171 Å². The largest absolute Gasteiger partial charge is 0.477 e. The third-order valence-corrected chi connectivity index (χ3v) is 8.89. The van der Waals surface area contributed by atoms with E-state index in [9.17, 15) is 39.8 Å². The van der Waals surface area contributed by atoms with E-state index in [1.165, 1.54) is 64.5 Å². The minimum atomic E-state index is -1.24. The van der Waals surface area contributed by atoms with Crippen LogP contribution in [0, 0.1) is 16.0 Å². The second kappa shape index (κ2) is 10.0. The molecule has 3 aliphatic rings. The third-order valence-electron chi connectivity index (χ3n) is 6.07. The van der Waals surface area contributed by atoms with Crippen molar-refractivity contribution in [3.8, 4) is 0 Å². The molecule has 5 atom stereocenters. The maximum atomic E-state index is 12.7. The zero-order valence-corrected chi connectivity index (χ0v) is 20.1. The molecule has 0 unspecified atom stereocenters. The van der Waals surface area contributed by atoms with Crippen molar-refractivity contribution in [2.75, 3.05) is 13.2 Å². The second-order valence-electron chi connectivity index (χ2n) is 8.37. The lowest BCUT2D eigenvalue weighted by Gasteiger charge is -2.43. The Morgan fingerprint density at radius 3 is 2.60 bits per heavy atom. The van der Waals surface area contributed by atoms with Gasteiger partial charge in [-0.25, -0.2) is 9.59 Å². The van der Waals surface area contributed by atoms with E-state index in [-0.39, 0.29) is 36.4 Å². The molecule has 2 fully saturated rings. The summed E-state index contributed by atoms with van der Waals surface area (Å²) < 4.78 is 5.76. The molecule has 0 spiro atoms. The smallest absolute Gasteiger partial charge is 0.410 e. The highest BCUT2D eigenvalue weighted by atomic mass is 32.2. The van der Waals surface area contributed by atoms with E-state index in [1.54, 1.807) is 0 Å². The first kappa shape index (κ1) is 25.3. The summed E-state index contributed by atoms with van der Waals surface area (Å²) in [7, 11) is 0. The molecule has 2 saturated heterocycles. The van der Waals surface area contributed by atoms with E-state index in [1.807, 2.05) is 0 Å². The summed E-state index contributed by atoms with van der Waals surface area (Å²) in [5.41, 5.74) is 0.368. The fourth-order valence-electron chi connectivity index (χ4n) is 4.28. The van der Waals surface area contributed by atoms with Gasteiger partial charge < -0.3 is 25.0 Å². The van der Waals surface area contributed by atoms with Crippen LogP contribution in [0.5, 0.6) is 0 Å². The number of nitro groups is 1. The molecule has 12 nitrogen and oxygen atoms in total. The van der Waals surface area contributed by atoms with Gasteiger partial charge in [0.25, 0.3) is 5.69 Å². The summed E-state index contributed by atoms with van der Waals surface area (Å²) in [5.74, 6) is -2.34. The van der Waals surface area contributed by atoms with Gasteiger partial charge in [-0.3, -0.25) is 19.8 Å². The number of nitrogens with zero attached hydrogens (tertiary/aromatic N) is 3. The lowest BCUT2D eigenvalue weighted by Crippen LogP contribution is -2.60. The molecule has 0 aliphatic carbocycles. The van der Waals surface area contributed by atoms with E-state index in [4.69, 9.17) is 4.74 Å². The third kappa shape index (κ3) is 4.83. The molecule has 2 amide bonds. The van der Waals surface area contributed by atoms with Crippen LogP contribution in [0.3, 0.4) is 0 Å². The number of rotatable bonds is 8. The summed E-state index contributed by atoms with van der Waals surface area (Å²) >= 11 is 2.45. The molecule has 4 rings (SSSR count). The molecule has 3 N–H and O–H groups in total. The number of non-ortho nitro benzene ring substituents is 1. The zero-order valence-electron chi connectivity index (χ0n) is 18.5. The normalized spacial score (nSPS) is 26.4. The number of carbonyl (C=O) groups excluding carboxylic acids is 2. The van der Waals surface area contributed by atoms with Crippen molar-refractivity contribution in [2.45, 2.75) is 42.7 Å². The number of ether oxygens (including phenoxy) is 1. The van der Waals surface area contributed by atoms with Gasteiger partial charge in [0, 0.05) is 23.9 Å². The molecule has 14 heteroatoms. The number of thioether (sulfide) groups is 2. The number of aliphatic hydroxyl groups is 2. The lowest BCUT2D eigenvalue weighted by atomic mass is 9.92. The van der Waals surface area contributed by atoms with Crippen LogP contribution in [-0.2, 0) is 20.9 Å². The number of amides is 2. The summed E-state index contributed by atoms with van der Waals surface area (Å²) in [6.45, 7) is 1.28. The first-order chi connectivity index (χ1) is 16.6. The highest BCUT2D eigenvalue weighted by Gasteiger charge is 2.58. The maximum absolute atomic E-state index is 12.7. The van der Waals surface area contributed by atoms with E-state index in [0.29, 0.717) is 16.2 Å². The van der Waals surface area contributed by atoms with Gasteiger partial charge in [-0.2, -0.15) is 0 Å². The zero-order chi connectivity index (χ0) is 25.4. The number of benzene rings is 1. The predicted molar refractivity (Wildman–Crippen MR) is 125 cm³/mol. The van der Waals surface area contributed by atoms with Gasteiger partial charge >= 0.3 is 12.1 Å². The van der Waals surface area contributed by atoms with Gasteiger partial charge in [0.2, 0.25) is 5.91 Å². The molecule has 3 heterocycles. The summed E-state index contributed by atoms with van der Waals surface area (Å²) in [6, 6.07) is 5.07. The van der Waals surface area contributed by atoms with Crippen LogP contribution in [0.4, 0.5) is 10.5 Å². The Bertz CT molecular complexity index is 1080. The number of carbonyl (C=O) groups is 3. The van der Waals surface area contributed by atoms with Gasteiger partial charge in [-0.15, -0.1) is 11.8 Å². The fraction of sp³-hybridized carbons (Fsp3) is 0.476. The van der Waals surface area contributed by atoms with Crippen LogP contribution in [0.2, 0.25) is 0 Å². The molecule has 0 aromatic heterocycles. The van der Waals surface area contributed by atoms with Crippen LogP contribution in [0.15, 0.2) is 34.2 Å². The highest BCUT2D eigenvalue weighted by molar-refractivity contribution is 8.23. The monoisotopic (exact) mass is 525 g/mol. The number of fused-ring (bicyclic) bond motifs is 1. The van der Waals surface area contributed by atoms with Crippen LogP contribution in [-0.4, -0.2) is 83.9 Å². The number of likely N-dealkylation sites (tertiary alicyclic amines) is 1. The van der Waals surface area contributed by atoms with Crippen molar-refractivity contribution in [2.24, 2.45) is 5.92 Å². The summed E-state index contributed by atoms with van der Waals surface area (Å²) in [5, 5.41) is 39.4. The van der Waals surface area contributed by atoms with Crippen molar-refractivity contribution in [1.82, 2.24) is 9.80 Å². The summed E-state index contributed by atoms with van der Waals surface area (Å²) in [4.78, 5) is 49.7. The molecular weight excluding hydrogens is 502 g/mol. The fourth-order valence-corrected chi connectivity index (χ4v) is 7.68.